The number of amides is 1. The van der Waals surface area contributed by atoms with Crippen LogP contribution < -0.4 is 5.32 Å². The molecule has 0 radical (unpaired) electrons. The van der Waals surface area contributed by atoms with E-state index in [1.807, 2.05) is 20.2 Å². The van der Waals surface area contributed by atoms with Crippen LogP contribution in [-0.4, -0.2) is 26.8 Å². The molecule has 2 N–H and O–H groups in total. The number of nitrogens with one attached hydrogen (secondary N) is 1. The Balaban J connectivity index is 2.35. The Bertz CT molecular complexity index is 426. The van der Waals surface area contributed by atoms with Gasteiger partial charge in [0.25, 0.3) is 0 Å². The predicted molar refractivity (Wildman–Crippen MR) is 65.9 cm³/mol. The van der Waals surface area contributed by atoms with Crippen molar-refractivity contribution >= 4 is 11.9 Å². The molecule has 0 aliphatic heterocycles. The second-order valence-electron chi connectivity index (χ2n) is 4.15. The Morgan fingerprint density at radius 3 is 2.78 bits per heavy atom. The summed E-state index contributed by atoms with van der Waals surface area (Å²) >= 11 is 0. The van der Waals surface area contributed by atoms with Crippen LogP contribution >= 0.6 is 0 Å². The Kier molecular flexibility index (Phi) is 5.35. The van der Waals surface area contributed by atoms with E-state index in [1.165, 1.54) is 0 Å². The number of aromatic nitrogens is 2. The van der Waals surface area contributed by atoms with Gasteiger partial charge in [-0.3, -0.25) is 14.3 Å². The van der Waals surface area contributed by atoms with Gasteiger partial charge in [-0.25, -0.2) is 0 Å². The van der Waals surface area contributed by atoms with Gasteiger partial charge < -0.3 is 10.4 Å². The molecule has 1 heterocycles. The topological polar surface area (TPSA) is 84.2 Å². The maximum atomic E-state index is 11.5. The molecule has 1 amide bonds. The quantitative estimate of drug-likeness (QED) is 0.754. The Hall–Kier alpha value is -1.85. The molecule has 0 saturated heterocycles. The highest BCUT2D eigenvalue weighted by molar-refractivity contribution is 5.76. The monoisotopic (exact) mass is 253 g/mol. The van der Waals surface area contributed by atoms with Crippen molar-refractivity contribution in [2.75, 3.05) is 0 Å². The fraction of sp³-hybridized carbons (Fsp3) is 0.583. The molecule has 18 heavy (non-hydrogen) atoms. The number of hydrogen-bond donors (Lipinski definition) is 2. The maximum absolute atomic E-state index is 11.5. The van der Waals surface area contributed by atoms with Crippen molar-refractivity contribution in [2.45, 2.75) is 39.2 Å². The first-order chi connectivity index (χ1) is 8.52. The van der Waals surface area contributed by atoms with Crippen molar-refractivity contribution in [1.82, 2.24) is 15.1 Å². The lowest BCUT2D eigenvalue weighted by Gasteiger charge is -2.04. The molecule has 0 bridgehead atoms. The summed E-state index contributed by atoms with van der Waals surface area (Å²) in [5.74, 6) is -0.995. The summed E-state index contributed by atoms with van der Waals surface area (Å²) < 4.78 is 1.73. The second-order valence-corrected chi connectivity index (χ2v) is 4.15. The summed E-state index contributed by atoms with van der Waals surface area (Å²) in [6.45, 7) is 2.46. The van der Waals surface area contributed by atoms with Crippen molar-refractivity contribution in [2.24, 2.45) is 7.05 Å². The summed E-state index contributed by atoms with van der Waals surface area (Å²) in [6, 6.07) is 0. The molecule has 0 aliphatic carbocycles. The molecule has 0 fully saturated rings. The standard InChI is InChI=1S/C12H19N3O3/c1-3-10-9(8-15(2)14-10)7-13-11(16)5-4-6-12(17)18/h8H,3-7H2,1-2H3,(H,13,16)(H,17,18). The number of carboxylic acids is 1. The van der Waals surface area contributed by atoms with Crippen molar-refractivity contribution < 1.29 is 14.7 Å². The van der Waals surface area contributed by atoms with E-state index in [-0.39, 0.29) is 18.7 Å². The van der Waals surface area contributed by atoms with Gasteiger partial charge in [0, 0.05) is 38.2 Å². The van der Waals surface area contributed by atoms with Crippen LogP contribution in [0.5, 0.6) is 0 Å². The summed E-state index contributed by atoms with van der Waals surface area (Å²) in [6.07, 6.45) is 3.35. The number of carboxylic acid groups (broad SMARTS) is 1. The fourth-order valence-electron chi connectivity index (χ4n) is 1.71. The van der Waals surface area contributed by atoms with Crippen molar-refractivity contribution in [3.8, 4) is 0 Å². The van der Waals surface area contributed by atoms with E-state index >= 15 is 0 Å². The number of carbonyl (C=O) groups is 2. The molecule has 0 aromatic carbocycles. The van der Waals surface area contributed by atoms with Gasteiger partial charge in [0.15, 0.2) is 0 Å². The van der Waals surface area contributed by atoms with Crippen LogP contribution in [0.3, 0.4) is 0 Å². The van der Waals surface area contributed by atoms with E-state index in [0.29, 0.717) is 13.0 Å². The molecule has 0 aliphatic rings. The molecule has 6 heteroatoms. The molecule has 0 spiro atoms. The third kappa shape index (κ3) is 4.57. The molecule has 6 nitrogen and oxygen atoms in total. The zero-order valence-electron chi connectivity index (χ0n) is 10.8. The number of hydrogen-bond acceptors (Lipinski definition) is 3. The van der Waals surface area contributed by atoms with E-state index in [4.69, 9.17) is 5.11 Å². The van der Waals surface area contributed by atoms with Crippen molar-refractivity contribution in [3.05, 3.63) is 17.5 Å². The van der Waals surface area contributed by atoms with Crippen LogP contribution in [0.1, 0.15) is 37.4 Å². The first-order valence-electron chi connectivity index (χ1n) is 6.02. The van der Waals surface area contributed by atoms with Gasteiger partial charge >= 0.3 is 5.97 Å². The number of aliphatic carboxylic acids is 1. The summed E-state index contributed by atoms with van der Waals surface area (Å²) in [5, 5.41) is 15.5. The lowest BCUT2D eigenvalue weighted by molar-refractivity contribution is -0.137. The van der Waals surface area contributed by atoms with Gasteiger partial charge in [-0.15, -0.1) is 0 Å². The molecule has 100 valence electrons. The lowest BCUT2D eigenvalue weighted by atomic mass is 10.2. The minimum Gasteiger partial charge on any atom is -0.481 e. The molecule has 1 rings (SSSR count). The number of rotatable bonds is 7. The Morgan fingerprint density at radius 2 is 2.17 bits per heavy atom. The largest absolute Gasteiger partial charge is 0.481 e. The zero-order valence-corrected chi connectivity index (χ0v) is 10.8. The third-order valence-corrected chi connectivity index (χ3v) is 2.60. The SMILES string of the molecule is CCc1nn(C)cc1CNC(=O)CCCC(=O)O. The first-order valence-corrected chi connectivity index (χ1v) is 6.02. The van der Waals surface area contributed by atoms with E-state index in [9.17, 15) is 9.59 Å². The average molecular weight is 253 g/mol. The van der Waals surface area contributed by atoms with E-state index in [0.717, 1.165) is 17.7 Å². The molecule has 0 saturated carbocycles. The van der Waals surface area contributed by atoms with Gasteiger partial charge in [0.1, 0.15) is 0 Å². The van der Waals surface area contributed by atoms with E-state index in [1.54, 1.807) is 4.68 Å². The molecule has 0 unspecified atom stereocenters. The van der Waals surface area contributed by atoms with Crippen LogP contribution in [0.25, 0.3) is 0 Å². The van der Waals surface area contributed by atoms with E-state index < -0.39 is 5.97 Å². The van der Waals surface area contributed by atoms with Crippen LogP contribution in [0.15, 0.2) is 6.20 Å². The van der Waals surface area contributed by atoms with Crippen LogP contribution in [-0.2, 0) is 29.6 Å². The third-order valence-electron chi connectivity index (χ3n) is 2.60. The summed E-state index contributed by atoms with van der Waals surface area (Å²) in [5.41, 5.74) is 1.98. The van der Waals surface area contributed by atoms with Gasteiger partial charge in [-0.05, 0) is 12.8 Å². The normalized spacial score (nSPS) is 10.3. The van der Waals surface area contributed by atoms with Crippen LogP contribution in [0.2, 0.25) is 0 Å². The summed E-state index contributed by atoms with van der Waals surface area (Å²) in [7, 11) is 1.84. The number of nitrogens with zero attached hydrogens (tertiary/aromatic N) is 2. The van der Waals surface area contributed by atoms with Crippen LogP contribution in [0.4, 0.5) is 0 Å². The van der Waals surface area contributed by atoms with Gasteiger partial charge in [0.05, 0.1) is 5.69 Å². The fourth-order valence-corrected chi connectivity index (χ4v) is 1.71. The molecule has 1 aromatic heterocycles. The van der Waals surface area contributed by atoms with Crippen molar-refractivity contribution in [3.63, 3.8) is 0 Å². The number of aryl methyl sites for hydroxylation is 2. The molecule has 0 atom stereocenters. The van der Waals surface area contributed by atoms with E-state index in [2.05, 4.69) is 10.4 Å². The van der Waals surface area contributed by atoms with Crippen LogP contribution in [0, 0.1) is 0 Å². The smallest absolute Gasteiger partial charge is 0.303 e. The molecular formula is C12H19N3O3. The lowest BCUT2D eigenvalue weighted by Crippen LogP contribution is -2.22. The molecule has 1 aromatic rings. The molecular weight excluding hydrogens is 234 g/mol. The summed E-state index contributed by atoms with van der Waals surface area (Å²) in [4.78, 5) is 21.8. The average Bonchev–Trinajstić information content (AvgIpc) is 2.66. The maximum Gasteiger partial charge on any atom is 0.303 e. The van der Waals surface area contributed by atoms with Gasteiger partial charge in [-0.1, -0.05) is 6.92 Å². The number of carbonyl (C=O) groups excluding carboxylic acids is 1. The second kappa shape index (κ2) is 6.78. The highest BCUT2D eigenvalue weighted by atomic mass is 16.4. The highest BCUT2D eigenvalue weighted by Gasteiger charge is 2.08. The Morgan fingerprint density at radius 1 is 1.44 bits per heavy atom. The van der Waals surface area contributed by atoms with Gasteiger partial charge in [-0.2, -0.15) is 5.10 Å². The first kappa shape index (κ1) is 14.2. The van der Waals surface area contributed by atoms with Crippen molar-refractivity contribution in [1.29, 1.82) is 0 Å². The zero-order chi connectivity index (χ0) is 13.5. The minimum absolute atomic E-state index is 0.0283. The highest BCUT2D eigenvalue weighted by Crippen LogP contribution is 2.06. The Labute approximate surface area is 106 Å². The van der Waals surface area contributed by atoms with Gasteiger partial charge in [0.2, 0.25) is 5.91 Å². The minimum atomic E-state index is -0.872. The predicted octanol–water partition coefficient (Wildman–Crippen LogP) is 0.854.